The van der Waals surface area contributed by atoms with Crippen LogP contribution in [0.15, 0.2) is 66.7 Å². The number of hydrogen-bond acceptors (Lipinski definition) is 4. The van der Waals surface area contributed by atoms with Gasteiger partial charge in [0.15, 0.2) is 0 Å². The van der Waals surface area contributed by atoms with Crippen LogP contribution in [0, 0.1) is 0 Å². The smallest absolute Gasteiger partial charge is 0.310 e. The zero-order valence-corrected chi connectivity index (χ0v) is 15.2. The minimum Gasteiger partial charge on any atom is -0.466 e. The summed E-state index contributed by atoms with van der Waals surface area (Å²) in [7, 11) is 0. The summed E-state index contributed by atoms with van der Waals surface area (Å²) in [6.45, 7) is 2.14. The van der Waals surface area contributed by atoms with Gasteiger partial charge in [0.25, 0.3) is 5.91 Å². The Morgan fingerprint density at radius 2 is 1.81 bits per heavy atom. The van der Waals surface area contributed by atoms with Gasteiger partial charge in [-0.05, 0) is 42.3 Å². The number of benzene rings is 2. The van der Waals surface area contributed by atoms with E-state index in [9.17, 15) is 9.59 Å². The summed E-state index contributed by atoms with van der Waals surface area (Å²) in [5.74, 6) is -0.438. The van der Waals surface area contributed by atoms with E-state index in [-0.39, 0.29) is 18.3 Å². The van der Waals surface area contributed by atoms with Crippen LogP contribution in [-0.2, 0) is 16.0 Å². The summed E-state index contributed by atoms with van der Waals surface area (Å²) in [6, 6.07) is 21.0. The lowest BCUT2D eigenvalue weighted by molar-refractivity contribution is -0.142. The topological polar surface area (TPSA) is 55.4 Å². The largest absolute Gasteiger partial charge is 0.466 e. The first-order valence-corrected chi connectivity index (χ1v) is 9.18. The minimum atomic E-state index is -0.276. The predicted molar refractivity (Wildman–Crippen MR) is 104 cm³/mol. The number of carbonyl (C=O) groups excluding carboxylic acids is 2. The highest BCUT2D eigenvalue weighted by molar-refractivity contribution is 7.17. The van der Waals surface area contributed by atoms with Gasteiger partial charge in [0.2, 0.25) is 0 Å². The van der Waals surface area contributed by atoms with Crippen molar-refractivity contribution in [1.82, 2.24) is 0 Å². The molecule has 0 aliphatic carbocycles. The normalized spacial score (nSPS) is 10.3. The van der Waals surface area contributed by atoms with Gasteiger partial charge in [0.05, 0.1) is 17.9 Å². The van der Waals surface area contributed by atoms with Crippen molar-refractivity contribution >= 4 is 28.9 Å². The molecule has 4 nitrogen and oxygen atoms in total. The highest BCUT2D eigenvalue weighted by Crippen LogP contribution is 2.28. The van der Waals surface area contributed by atoms with Crippen molar-refractivity contribution in [2.75, 3.05) is 11.9 Å². The van der Waals surface area contributed by atoms with Gasteiger partial charge in [0.1, 0.15) is 0 Å². The molecule has 0 atom stereocenters. The van der Waals surface area contributed by atoms with E-state index in [1.807, 2.05) is 54.6 Å². The summed E-state index contributed by atoms with van der Waals surface area (Å²) in [6.07, 6.45) is 0.189. The molecule has 0 unspecified atom stereocenters. The van der Waals surface area contributed by atoms with Crippen LogP contribution in [0.25, 0.3) is 10.4 Å². The zero-order valence-electron chi connectivity index (χ0n) is 14.4. The van der Waals surface area contributed by atoms with Gasteiger partial charge in [-0.1, -0.05) is 42.5 Å². The van der Waals surface area contributed by atoms with Crippen molar-refractivity contribution in [3.63, 3.8) is 0 Å². The molecule has 0 aliphatic rings. The Bertz CT molecular complexity index is 902. The summed E-state index contributed by atoms with van der Waals surface area (Å²) in [5, 5.41) is 2.89. The van der Waals surface area contributed by atoms with E-state index < -0.39 is 0 Å². The SMILES string of the molecule is CCOC(=O)Cc1cccc(NC(=O)c2ccc(-c3ccccc3)s2)c1. The van der Waals surface area contributed by atoms with Gasteiger partial charge in [0, 0.05) is 10.6 Å². The second kappa shape index (κ2) is 8.45. The summed E-state index contributed by atoms with van der Waals surface area (Å²) < 4.78 is 4.96. The van der Waals surface area contributed by atoms with Crippen LogP contribution in [0.1, 0.15) is 22.2 Å². The number of esters is 1. The molecule has 1 heterocycles. The lowest BCUT2D eigenvalue weighted by Crippen LogP contribution is -2.11. The van der Waals surface area contributed by atoms with Gasteiger partial charge in [-0.15, -0.1) is 11.3 Å². The number of amides is 1. The Balaban J connectivity index is 1.69. The van der Waals surface area contributed by atoms with Crippen molar-refractivity contribution in [3.8, 4) is 10.4 Å². The first-order valence-electron chi connectivity index (χ1n) is 8.37. The van der Waals surface area contributed by atoms with E-state index in [1.54, 1.807) is 19.1 Å². The lowest BCUT2D eigenvalue weighted by Gasteiger charge is -2.06. The van der Waals surface area contributed by atoms with E-state index in [1.165, 1.54) is 11.3 Å². The third kappa shape index (κ3) is 4.58. The first kappa shape index (κ1) is 17.9. The fourth-order valence-electron chi connectivity index (χ4n) is 2.55. The molecule has 3 rings (SSSR count). The van der Waals surface area contributed by atoms with Gasteiger partial charge < -0.3 is 10.1 Å². The number of hydrogen-bond donors (Lipinski definition) is 1. The van der Waals surface area contributed by atoms with Crippen LogP contribution in [0.4, 0.5) is 5.69 Å². The molecule has 0 spiro atoms. The van der Waals surface area contributed by atoms with E-state index >= 15 is 0 Å². The van der Waals surface area contributed by atoms with Gasteiger partial charge in [-0.3, -0.25) is 9.59 Å². The van der Waals surface area contributed by atoms with Crippen LogP contribution in [0.5, 0.6) is 0 Å². The second-order valence-corrected chi connectivity index (χ2v) is 6.75. The molecule has 132 valence electrons. The third-order valence-corrected chi connectivity index (χ3v) is 4.86. The summed E-state index contributed by atoms with van der Waals surface area (Å²) >= 11 is 1.45. The van der Waals surface area contributed by atoms with Crippen molar-refractivity contribution in [2.24, 2.45) is 0 Å². The molecule has 0 fully saturated rings. The fraction of sp³-hybridized carbons (Fsp3) is 0.143. The molecule has 0 saturated carbocycles. The standard InChI is InChI=1S/C21H19NO3S/c1-2-25-20(23)14-15-7-6-10-17(13-15)22-21(24)19-12-11-18(26-19)16-8-4-3-5-9-16/h3-13H,2,14H2,1H3,(H,22,24). The summed E-state index contributed by atoms with van der Waals surface area (Å²) in [5.41, 5.74) is 2.55. The highest BCUT2D eigenvalue weighted by Gasteiger charge is 2.11. The monoisotopic (exact) mass is 365 g/mol. The highest BCUT2D eigenvalue weighted by atomic mass is 32.1. The lowest BCUT2D eigenvalue weighted by atomic mass is 10.1. The number of anilines is 1. The van der Waals surface area contributed by atoms with E-state index in [0.717, 1.165) is 16.0 Å². The molecule has 3 aromatic rings. The van der Waals surface area contributed by atoms with Crippen molar-refractivity contribution in [1.29, 1.82) is 0 Å². The van der Waals surface area contributed by atoms with Crippen molar-refractivity contribution in [2.45, 2.75) is 13.3 Å². The van der Waals surface area contributed by atoms with Gasteiger partial charge in [-0.2, -0.15) is 0 Å². The molecule has 1 aromatic heterocycles. The quantitative estimate of drug-likeness (QED) is 0.640. The van der Waals surface area contributed by atoms with Gasteiger partial charge in [-0.25, -0.2) is 0 Å². The summed E-state index contributed by atoms with van der Waals surface area (Å²) in [4.78, 5) is 25.8. The molecule has 26 heavy (non-hydrogen) atoms. The van der Waals surface area contributed by atoms with E-state index in [0.29, 0.717) is 17.2 Å². The Morgan fingerprint density at radius 1 is 1.00 bits per heavy atom. The van der Waals surface area contributed by atoms with Crippen LogP contribution < -0.4 is 5.32 Å². The number of ether oxygens (including phenoxy) is 1. The maximum Gasteiger partial charge on any atom is 0.310 e. The molecule has 0 aliphatic heterocycles. The van der Waals surface area contributed by atoms with Crippen molar-refractivity contribution < 1.29 is 14.3 Å². The average Bonchev–Trinajstić information content (AvgIpc) is 3.13. The Hall–Kier alpha value is -2.92. The van der Waals surface area contributed by atoms with Crippen molar-refractivity contribution in [3.05, 3.63) is 77.2 Å². The Labute approximate surface area is 156 Å². The number of rotatable bonds is 6. The molecule has 0 bridgehead atoms. The predicted octanol–water partition coefficient (Wildman–Crippen LogP) is 4.77. The van der Waals surface area contributed by atoms with Crippen LogP contribution in [0.3, 0.4) is 0 Å². The Kier molecular flexibility index (Phi) is 5.81. The maximum atomic E-state index is 12.5. The molecular formula is C21H19NO3S. The number of thiophene rings is 1. The molecule has 1 amide bonds. The fourth-order valence-corrected chi connectivity index (χ4v) is 3.45. The molecule has 5 heteroatoms. The third-order valence-electron chi connectivity index (χ3n) is 3.73. The Morgan fingerprint density at radius 3 is 2.58 bits per heavy atom. The molecule has 0 saturated heterocycles. The molecule has 0 radical (unpaired) electrons. The average molecular weight is 365 g/mol. The second-order valence-electron chi connectivity index (χ2n) is 5.67. The molecule has 1 N–H and O–H groups in total. The molecular weight excluding hydrogens is 346 g/mol. The molecule has 2 aromatic carbocycles. The van der Waals surface area contributed by atoms with Crippen LogP contribution in [-0.4, -0.2) is 18.5 Å². The maximum absolute atomic E-state index is 12.5. The van der Waals surface area contributed by atoms with Gasteiger partial charge >= 0.3 is 5.97 Å². The number of nitrogens with one attached hydrogen (secondary N) is 1. The minimum absolute atomic E-state index is 0.162. The first-order chi connectivity index (χ1) is 12.7. The van der Waals surface area contributed by atoms with E-state index in [4.69, 9.17) is 4.74 Å². The number of carbonyl (C=O) groups is 2. The van der Waals surface area contributed by atoms with Crippen LogP contribution in [0.2, 0.25) is 0 Å². The zero-order chi connectivity index (χ0) is 18.4. The van der Waals surface area contributed by atoms with Crippen LogP contribution >= 0.6 is 11.3 Å². The van der Waals surface area contributed by atoms with E-state index in [2.05, 4.69) is 5.32 Å².